The van der Waals surface area contributed by atoms with E-state index in [1.165, 1.54) is 35.2 Å². The monoisotopic (exact) mass is 691 g/mol. The van der Waals surface area contributed by atoms with Crippen LogP contribution in [0.2, 0.25) is 10.0 Å². The van der Waals surface area contributed by atoms with Crippen LogP contribution in [0.5, 0.6) is 11.5 Å². The molecule has 3 aromatic carbocycles. The number of carbonyl (C=O) groups excluding carboxylic acids is 2. The van der Waals surface area contributed by atoms with E-state index in [0.717, 1.165) is 48.5 Å². The highest BCUT2D eigenvalue weighted by molar-refractivity contribution is 7.92. The van der Waals surface area contributed by atoms with Gasteiger partial charge in [-0.3, -0.25) is 13.9 Å². The Kier molecular flexibility index (Phi) is 11.0. The van der Waals surface area contributed by atoms with Gasteiger partial charge >= 0.3 is 0 Å². The average Bonchev–Trinajstić information content (AvgIpc) is 3.05. The van der Waals surface area contributed by atoms with Gasteiger partial charge in [0.25, 0.3) is 10.0 Å². The molecule has 1 heterocycles. The van der Waals surface area contributed by atoms with Crippen LogP contribution in [0, 0.1) is 5.82 Å². The third-order valence-corrected chi connectivity index (χ3v) is 10.5. The number of ether oxygens (including phenoxy) is 2. The number of fused-ring (bicyclic) bond motifs is 1. The van der Waals surface area contributed by atoms with Crippen LogP contribution < -0.4 is 19.1 Å². The molecule has 9 nitrogen and oxygen atoms in total. The van der Waals surface area contributed by atoms with E-state index >= 15 is 0 Å². The molecule has 1 aliphatic heterocycles. The predicted molar refractivity (Wildman–Crippen MR) is 174 cm³/mol. The standard InChI is InChI=1S/C33H36Cl2FN3O6S/c1-2-29(33(41)37-25-6-4-3-5-7-25)38(20-22-8-9-23(34)18-28(22)35)32(40)21-39(26-12-10-24(36)11-13-26)46(42,43)27-14-15-30-31(19-27)45-17-16-44-30/h8-15,18-19,25,29H,2-7,16-17,20-21H2,1H3,(H,37,41). The zero-order chi connectivity index (χ0) is 32.8. The van der Waals surface area contributed by atoms with E-state index in [1.807, 2.05) is 0 Å². The number of halogens is 3. The van der Waals surface area contributed by atoms with Gasteiger partial charge in [-0.05, 0) is 73.4 Å². The van der Waals surface area contributed by atoms with Crippen molar-refractivity contribution in [2.75, 3.05) is 24.1 Å². The Hall–Kier alpha value is -3.54. The summed E-state index contributed by atoms with van der Waals surface area (Å²) in [5.74, 6) is -0.897. The van der Waals surface area contributed by atoms with E-state index in [1.54, 1.807) is 25.1 Å². The van der Waals surface area contributed by atoms with Gasteiger partial charge in [0.15, 0.2) is 11.5 Å². The van der Waals surface area contributed by atoms with E-state index < -0.39 is 34.3 Å². The van der Waals surface area contributed by atoms with E-state index in [-0.39, 0.29) is 47.9 Å². The van der Waals surface area contributed by atoms with Crippen molar-refractivity contribution in [3.8, 4) is 11.5 Å². The Balaban J connectivity index is 1.51. The maximum Gasteiger partial charge on any atom is 0.264 e. The quantitative estimate of drug-likeness (QED) is 0.251. The summed E-state index contributed by atoms with van der Waals surface area (Å²) in [6, 6.07) is 12.9. The summed E-state index contributed by atoms with van der Waals surface area (Å²) >= 11 is 12.6. The summed E-state index contributed by atoms with van der Waals surface area (Å²) in [5, 5.41) is 3.81. The molecule has 0 spiro atoms. The Morgan fingerprint density at radius 3 is 2.33 bits per heavy atom. The number of rotatable bonds is 11. The van der Waals surface area contributed by atoms with Crippen LogP contribution in [0.25, 0.3) is 0 Å². The summed E-state index contributed by atoms with van der Waals surface area (Å²) < 4.78 is 54.4. The molecule has 3 aromatic rings. The lowest BCUT2D eigenvalue weighted by Gasteiger charge is -2.34. The van der Waals surface area contributed by atoms with Crippen molar-refractivity contribution in [2.24, 2.45) is 0 Å². The topological polar surface area (TPSA) is 105 Å². The molecule has 0 aromatic heterocycles. The van der Waals surface area contributed by atoms with E-state index in [0.29, 0.717) is 28.0 Å². The minimum absolute atomic E-state index is 0.00216. The number of nitrogens with one attached hydrogen (secondary N) is 1. The minimum atomic E-state index is -4.41. The van der Waals surface area contributed by atoms with Crippen LogP contribution in [0.3, 0.4) is 0 Å². The van der Waals surface area contributed by atoms with Crippen molar-refractivity contribution in [1.29, 1.82) is 0 Å². The molecular weight excluding hydrogens is 656 g/mol. The van der Waals surface area contributed by atoms with E-state index in [4.69, 9.17) is 32.7 Å². The molecule has 0 radical (unpaired) electrons. The number of hydrogen-bond acceptors (Lipinski definition) is 6. The highest BCUT2D eigenvalue weighted by atomic mass is 35.5. The lowest BCUT2D eigenvalue weighted by atomic mass is 9.95. The van der Waals surface area contributed by atoms with E-state index in [2.05, 4.69) is 5.32 Å². The Morgan fingerprint density at radius 2 is 1.65 bits per heavy atom. The number of amides is 2. The first-order valence-corrected chi connectivity index (χ1v) is 17.5. The number of nitrogens with zero attached hydrogens (tertiary/aromatic N) is 2. The summed E-state index contributed by atoms with van der Waals surface area (Å²) in [6.07, 6.45) is 5.10. The van der Waals surface area contributed by atoms with Crippen LogP contribution >= 0.6 is 23.2 Å². The largest absolute Gasteiger partial charge is 0.486 e. The fourth-order valence-corrected chi connectivity index (χ4v) is 7.64. The zero-order valence-corrected chi connectivity index (χ0v) is 27.7. The van der Waals surface area contributed by atoms with Gasteiger partial charge in [0.05, 0.1) is 10.6 Å². The Labute approximate surface area is 278 Å². The summed E-state index contributed by atoms with van der Waals surface area (Å²) in [4.78, 5) is 29.2. The molecule has 46 heavy (non-hydrogen) atoms. The second kappa shape index (κ2) is 14.9. The van der Waals surface area contributed by atoms with Gasteiger partial charge in [0.1, 0.15) is 31.6 Å². The summed E-state index contributed by atoms with van der Waals surface area (Å²) in [6.45, 7) is 1.61. The van der Waals surface area contributed by atoms with Gasteiger partial charge in [-0.25, -0.2) is 12.8 Å². The first-order valence-electron chi connectivity index (χ1n) is 15.3. The smallest absolute Gasteiger partial charge is 0.264 e. The molecule has 1 atom stereocenters. The van der Waals surface area contributed by atoms with Gasteiger partial charge in [0, 0.05) is 28.7 Å². The highest BCUT2D eigenvalue weighted by Gasteiger charge is 2.35. The van der Waals surface area contributed by atoms with Crippen LogP contribution in [0.1, 0.15) is 51.0 Å². The van der Waals surface area contributed by atoms with Crippen LogP contribution in [-0.4, -0.2) is 57.0 Å². The van der Waals surface area contributed by atoms with Gasteiger partial charge < -0.3 is 19.7 Å². The fraction of sp³-hybridized carbons (Fsp3) is 0.394. The minimum Gasteiger partial charge on any atom is -0.486 e. The first kappa shape index (κ1) is 33.8. The van der Waals surface area contributed by atoms with Gasteiger partial charge in [-0.1, -0.05) is 55.5 Å². The molecule has 1 fully saturated rings. The lowest BCUT2D eigenvalue weighted by molar-refractivity contribution is -0.140. The average molecular weight is 693 g/mol. The first-order chi connectivity index (χ1) is 22.1. The van der Waals surface area contributed by atoms with Crippen LogP contribution in [-0.2, 0) is 26.2 Å². The second-order valence-electron chi connectivity index (χ2n) is 11.3. The normalized spacial score (nSPS) is 15.6. The number of anilines is 1. The van der Waals surface area contributed by atoms with E-state index in [9.17, 15) is 22.4 Å². The van der Waals surface area contributed by atoms with Crippen molar-refractivity contribution in [3.05, 3.63) is 82.1 Å². The van der Waals surface area contributed by atoms with Gasteiger partial charge in [-0.2, -0.15) is 0 Å². The molecule has 0 bridgehead atoms. The molecule has 1 aliphatic carbocycles. The maximum atomic E-state index is 14.3. The number of sulfonamides is 1. The predicted octanol–water partition coefficient (Wildman–Crippen LogP) is 6.36. The number of carbonyl (C=O) groups is 2. The molecule has 1 N–H and O–H groups in total. The van der Waals surface area contributed by atoms with Gasteiger partial charge in [0.2, 0.25) is 11.8 Å². The maximum absolute atomic E-state index is 14.3. The molecule has 13 heteroatoms. The number of benzene rings is 3. The zero-order valence-electron chi connectivity index (χ0n) is 25.4. The molecule has 0 saturated heterocycles. The van der Waals surface area contributed by atoms with Crippen molar-refractivity contribution in [2.45, 2.75) is 69.0 Å². The third-order valence-electron chi connectivity index (χ3n) is 8.19. The summed E-state index contributed by atoms with van der Waals surface area (Å²) in [5.41, 5.74) is 0.597. The van der Waals surface area contributed by atoms with Crippen LogP contribution in [0.4, 0.5) is 10.1 Å². The fourth-order valence-electron chi connectivity index (χ4n) is 5.74. The van der Waals surface area contributed by atoms with Gasteiger partial charge in [-0.15, -0.1) is 0 Å². The SMILES string of the molecule is CCC(C(=O)NC1CCCCC1)N(Cc1ccc(Cl)cc1Cl)C(=O)CN(c1ccc(F)cc1)S(=O)(=O)c1ccc2c(c1)OCCO2. The van der Waals surface area contributed by atoms with Crippen molar-refractivity contribution in [3.63, 3.8) is 0 Å². The third kappa shape index (κ3) is 7.87. The highest BCUT2D eigenvalue weighted by Crippen LogP contribution is 2.34. The molecular formula is C33H36Cl2FN3O6S. The molecule has 1 saturated carbocycles. The molecule has 1 unspecified atom stereocenters. The van der Waals surface area contributed by atoms with Crippen molar-refractivity contribution in [1.82, 2.24) is 10.2 Å². The van der Waals surface area contributed by atoms with Crippen LogP contribution in [0.15, 0.2) is 65.6 Å². The second-order valence-corrected chi connectivity index (χ2v) is 14.0. The summed E-state index contributed by atoms with van der Waals surface area (Å²) in [7, 11) is -4.41. The van der Waals surface area contributed by atoms with Crippen molar-refractivity contribution < 1.29 is 31.9 Å². The molecule has 2 amide bonds. The molecule has 246 valence electrons. The Bertz CT molecular complexity index is 1670. The molecule has 5 rings (SSSR count). The lowest BCUT2D eigenvalue weighted by Crippen LogP contribution is -2.54. The Morgan fingerprint density at radius 1 is 0.957 bits per heavy atom. The molecule has 2 aliphatic rings. The van der Waals surface area contributed by atoms with Crippen molar-refractivity contribution >= 4 is 50.7 Å². The number of hydrogen-bond donors (Lipinski definition) is 1.